The van der Waals surface area contributed by atoms with Gasteiger partial charge in [0.15, 0.2) is 0 Å². The van der Waals surface area contributed by atoms with E-state index in [2.05, 4.69) is 0 Å². The van der Waals surface area contributed by atoms with Crippen LogP contribution in [0.1, 0.15) is 5.56 Å². The van der Waals surface area contributed by atoms with Gasteiger partial charge < -0.3 is 0 Å². The molecular weight excluding hydrogens is 169 g/mol. The first-order valence-electron chi connectivity index (χ1n) is 2.60. The van der Waals surface area contributed by atoms with Gasteiger partial charge in [0.1, 0.15) is 6.07 Å². The highest BCUT2D eigenvalue weighted by Crippen LogP contribution is 2.22. The molecule has 10 heavy (non-hydrogen) atoms. The maximum absolute atomic E-state index is 8.48. The quantitative estimate of drug-likeness (QED) is 0.590. The molecule has 50 valence electrons. The number of rotatable bonds is 0. The topological polar surface area (TPSA) is 23.8 Å². The van der Waals surface area contributed by atoms with Gasteiger partial charge in [0.25, 0.3) is 0 Å². The summed E-state index contributed by atoms with van der Waals surface area (Å²) in [6.07, 6.45) is 0. The van der Waals surface area contributed by atoms with Gasteiger partial charge in [0.05, 0.1) is 15.6 Å². The maximum Gasteiger partial charge on any atom is 0.102 e. The standard InChI is InChI=1S/C7H3Cl2N/c8-6-2-1-3-7(9)5(6)4-10/h1-3H. The van der Waals surface area contributed by atoms with E-state index in [4.69, 9.17) is 28.5 Å². The van der Waals surface area contributed by atoms with E-state index in [0.29, 0.717) is 15.6 Å². The molecule has 0 unspecified atom stereocenters. The van der Waals surface area contributed by atoms with Crippen molar-refractivity contribution >= 4 is 23.2 Å². The maximum atomic E-state index is 8.48. The molecular formula is C7H3Cl2N. The highest BCUT2D eigenvalue weighted by atomic mass is 35.5. The van der Waals surface area contributed by atoms with Crippen molar-refractivity contribution in [1.82, 2.24) is 0 Å². The summed E-state index contributed by atoms with van der Waals surface area (Å²) in [7, 11) is 0. The van der Waals surface area contributed by atoms with E-state index in [1.807, 2.05) is 6.07 Å². The lowest BCUT2D eigenvalue weighted by atomic mass is 10.2. The zero-order valence-electron chi connectivity index (χ0n) is 4.94. The molecule has 0 atom stereocenters. The van der Waals surface area contributed by atoms with Crippen LogP contribution in [0.15, 0.2) is 18.2 Å². The third-order valence-corrected chi connectivity index (χ3v) is 1.70. The van der Waals surface area contributed by atoms with Gasteiger partial charge in [-0.25, -0.2) is 0 Å². The fourth-order valence-corrected chi connectivity index (χ4v) is 1.09. The summed E-state index contributed by atoms with van der Waals surface area (Å²) in [5.41, 5.74) is 0.339. The number of halogens is 2. The Hall–Kier alpha value is -0.710. The van der Waals surface area contributed by atoms with Gasteiger partial charge in [0.2, 0.25) is 0 Å². The lowest BCUT2D eigenvalue weighted by Crippen LogP contribution is -1.76. The van der Waals surface area contributed by atoms with Crippen LogP contribution in [-0.4, -0.2) is 0 Å². The second-order valence-corrected chi connectivity index (χ2v) is 2.52. The Balaban J connectivity index is 3.34. The van der Waals surface area contributed by atoms with Crippen LogP contribution >= 0.6 is 23.2 Å². The summed E-state index contributed by atoms with van der Waals surface area (Å²) >= 11 is 11.2. The first-order chi connectivity index (χ1) is 4.75. The lowest BCUT2D eigenvalue weighted by molar-refractivity contribution is 1.48. The Morgan fingerprint density at radius 1 is 1.20 bits per heavy atom. The van der Waals surface area contributed by atoms with Crippen molar-refractivity contribution in [3.63, 3.8) is 0 Å². The Kier molecular flexibility index (Phi) is 2.16. The van der Waals surface area contributed by atoms with E-state index in [1.54, 1.807) is 18.2 Å². The zero-order valence-corrected chi connectivity index (χ0v) is 6.45. The predicted octanol–water partition coefficient (Wildman–Crippen LogP) is 2.87. The molecule has 1 aromatic carbocycles. The molecule has 0 saturated carbocycles. The van der Waals surface area contributed by atoms with Crippen LogP contribution in [0.25, 0.3) is 0 Å². The number of hydrogen-bond acceptors (Lipinski definition) is 1. The van der Waals surface area contributed by atoms with Crippen LogP contribution in [0.3, 0.4) is 0 Å². The van der Waals surface area contributed by atoms with E-state index >= 15 is 0 Å². The summed E-state index contributed by atoms with van der Waals surface area (Å²) in [5.74, 6) is 0. The Morgan fingerprint density at radius 2 is 1.70 bits per heavy atom. The van der Waals surface area contributed by atoms with Gasteiger partial charge in [0, 0.05) is 0 Å². The molecule has 1 rings (SSSR count). The van der Waals surface area contributed by atoms with Crippen molar-refractivity contribution in [3.8, 4) is 6.07 Å². The smallest absolute Gasteiger partial charge is 0.102 e. The monoisotopic (exact) mass is 171 g/mol. The van der Waals surface area contributed by atoms with Crippen molar-refractivity contribution in [2.24, 2.45) is 0 Å². The third kappa shape index (κ3) is 1.23. The van der Waals surface area contributed by atoms with Crippen LogP contribution in [0, 0.1) is 11.3 Å². The molecule has 0 aliphatic carbocycles. The van der Waals surface area contributed by atoms with Crippen LogP contribution in [0.2, 0.25) is 10.0 Å². The molecule has 0 aliphatic rings. The minimum atomic E-state index is 0.339. The molecule has 0 aliphatic heterocycles. The normalized spacial score (nSPS) is 8.90. The summed E-state index contributed by atoms with van der Waals surface area (Å²) < 4.78 is 0. The van der Waals surface area contributed by atoms with Crippen molar-refractivity contribution in [2.75, 3.05) is 0 Å². The molecule has 0 spiro atoms. The molecule has 0 amide bonds. The van der Waals surface area contributed by atoms with Crippen LogP contribution in [-0.2, 0) is 0 Å². The van der Waals surface area contributed by atoms with Gasteiger partial charge in [-0.15, -0.1) is 0 Å². The highest BCUT2D eigenvalue weighted by molar-refractivity contribution is 6.36. The van der Waals surface area contributed by atoms with E-state index in [9.17, 15) is 0 Å². The fraction of sp³-hybridized carbons (Fsp3) is 0. The van der Waals surface area contributed by atoms with Gasteiger partial charge in [-0.2, -0.15) is 5.26 Å². The minimum Gasteiger partial charge on any atom is -0.192 e. The lowest BCUT2D eigenvalue weighted by Gasteiger charge is -1.94. The summed E-state index contributed by atoms with van der Waals surface area (Å²) in [6.45, 7) is 0. The molecule has 0 heterocycles. The van der Waals surface area contributed by atoms with Gasteiger partial charge >= 0.3 is 0 Å². The SMILES string of the molecule is N#Cc1c(Cl)cccc1Cl. The average molecular weight is 172 g/mol. The van der Waals surface area contributed by atoms with E-state index < -0.39 is 0 Å². The summed E-state index contributed by atoms with van der Waals surface area (Å²) in [5, 5.41) is 9.28. The van der Waals surface area contributed by atoms with Crippen molar-refractivity contribution in [3.05, 3.63) is 33.8 Å². The van der Waals surface area contributed by atoms with E-state index in [-0.39, 0.29) is 0 Å². The fourth-order valence-electron chi connectivity index (χ4n) is 0.605. The predicted molar refractivity (Wildman–Crippen MR) is 41.2 cm³/mol. The van der Waals surface area contributed by atoms with Crippen LogP contribution in [0.5, 0.6) is 0 Å². The van der Waals surface area contributed by atoms with E-state index in [0.717, 1.165) is 0 Å². The molecule has 0 fully saturated rings. The van der Waals surface area contributed by atoms with Gasteiger partial charge in [-0.05, 0) is 12.1 Å². The van der Waals surface area contributed by atoms with Crippen LogP contribution < -0.4 is 0 Å². The Labute approximate surface area is 68.8 Å². The van der Waals surface area contributed by atoms with E-state index in [1.165, 1.54) is 0 Å². The molecule has 0 bridgehead atoms. The Bertz CT molecular complexity index is 268. The number of hydrogen-bond donors (Lipinski definition) is 0. The summed E-state index contributed by atoms with van der Waals surface area (Å²) in [4.78, 5) is 0. The molecule has 0 saturated heterocycles. The van der Waals surface area contributed by atoms with Gasteiger partial charge in [-0.1, -0.05) is 29.3 Å². The van der Waals surface area contributed by atoms with Crippen LogP contribution in [0.4, 0.5) is 0 Å². The molecule has 0 radical (unpaired) electrons. The first kappa shape index (κ1) is 7.40. The zero-order chi connectivity index (χ0) is 7.56. The number of nitriles is 1. The highest BCUT2D eigenvalue weighted by Gasteiger charge is 2.01. The molecule has 0 N–H and O–H groups in total. The molecule has 0 aromatic heterocycles. The third-order valence-electron chi connectivity index (χ3n) is 1.07. The molecule has 3 heteroatoms. The number of nitrogens with zero attached hydrogens (tertiary/aromatic N) is 1. The second kappa shape index (κ2) is 2.92. The van der Waals surface area contributed by atoms with Gasteiger partial charge in [-0.3, -0.25) is 0 Å². The second-order valence-electron chi connectivity index (χ2n) is 1.71. The molecule has 1 aromatic rings. The Morgan fingerprint density at radius 3 is 2.00 bits per heavy atom. The minimum absolute atomic E-state index is 0.339. The molecule has 1 nitrogen and oxygen atoms in total. The van der Waals surface area contributed by atoms with Crippen molar-refractivity contribution < 1.29 is 0 Å². The largest absolute Gasteiger partial charge is 0.192 e. The average Bonchev–Trinajstić information content (AvgIpc) is 1.88. The van der Waals surface area contributed by atoms with Crippen molar-refractivity contribution in [1.29, 1.82) is 5.26 Å². The first-order valence-corrected chi connectivity index (χ1v) is 3.35. The van der Waals surface area contributed by atoms with Crippen molar-refractivity contribution in [2.45, 2.75) is 0 Å². The summed E-state index contributed by atoms with van der Waals surface area (Å²) in [6, 6.07) is 6.86. The number of benzene rings is 1.